The molecule has 0 atom stereocenters. The molecule has 0 bridgehead atoms. The molecule has 2 heterocycles. The van der Waals surface area contributed by atoms with E-state index in [1.165, 1.54) is 22.3 Å². The first-order valence-corrected chi connectivity index (χ1v) is 17.3. The lowest BCUT2D eigenvalue weighted by Gasteiger charge is -2.20. The second-order valence-electron chi connectivity index (χ2n) is 17.5. The smallest absolute Gasteiger partial charge is 0.116 e. The molecule has 0 aliphatic carbocycles. The summed E-state index contributed by atoms with van der Waals surface area (Å²) in [6.45, 7) is 27.0. The number of hydrogen-bond donors (Lipinski definition) is 2. The largest absolute Gasteiger partial charge is 0.353 e. The van der Waals surface area contributed by atoms with E-state index in [4.69, 9.17) is 9.98 Å². The normalized spacial score (nSPS) is 14.8. The number of anilines is 2. The molecule has 48 heavy (non-hydrogen) atoms. The van der Waals surface area contributed by atoms with Crippen LogP contribution >= 0.6 is 0 Å². The molecule has 0 saturated carbocycles. The zero-order valence-corrected chi connectivity index (χ0v) is 31.0. The van der Waals surface area contributed by atoms with E-state index >= 15 is 0 Å². The molecule has 6 rings (SSSR count). The van der Waals surface area contributed by atoms with E-state index in [9.17, 15) is 0 Å². The van der Waals surface area contributed by atoms with Gasteiger partial charge >= 0.3 is 0 Å². The molecule has 2 N–H and O–H groups in total. The number of aromatic amines is 1. The van der Waals surface area contributed by atoms with Gasteiger partial charge in [0.15, 0.2) is 0 Å². The summed E-state index contributed by atoms with van der Waals surface area (Å²) in [5, 5.41) is 4.97. The second-order valence-corrected chi connectivity index (χ2v) is 17.5. The molecule has 1 aliphatic heterocycles. The topological polar surface area (TPSA) is 52.5 Å². The Balaban J connectivity index is 1.55. The van der Waals surface area contributed by atoms with Crippen molar-refractivity contribution in [1.29, 1.82) is 0 Å². The monoisotopic (exact) mass is 636 g/mol. The van der Waals surface area contributed by atoms with Gasteiger partial charge in [-0.2, -0.15) is 0 Å². The van der Waals surface area contributed by atoms with E-state index in [0.29, 0.717) is 0 Å². The standard InChI is InChI=1S/C44H52N4/c1-41(2,3)27-13-19-31(20-14-27)45-37-33-25-29(43(7,8)9)17-23-35(33)47-39(37)40-38(46-32-21-15-28(16-22-32)42(4,5)6)34-26-30(44(10,11)12)18-24-36(34)48-40/h13-26,45,47H,1-12H3. The summed E-state index contributed by atoms with van der Waals surface area (Å²) in [7, 11) is 0. The molecule has 4 heteroatoms. The number of nitrogens with zero attached hydrogens (tertiary/aromatic N) is 2. The first-order chi connectivity index (χ1) is 22.3. The number of nitrogens with one attached hydrogen (secondary N) is 2. The van der Waals surface area contributed by atoms with Crippen molar-refractivity contribution < 1.29 is 0 Å². The van der Waals surface area contributed by atoms with Crippen LogP contribution in [-0.2, 0) is 21.7 Å². The Morgan fingerprint density at radius 2 is 1.06 bits per heavy atom. The highest BCUT2D eigenvalue weighted by Gasteiger charge is 2.30. The number of rotatable bonds is 4. The molecule has 0 saturated heterocycles. The van der Waals surface area contributed by atoms with E-state index < -0.39 is 0 Å². The molecule has 0 fully saturated rings. The summed E-state index contributed by atoms with van der Waals surface area (Å²) in [6, 6.07) is 30.9. The van der Waals surface area contributed by atoms with Crippen LogP contribution in [0.5, 0.6) is 0 Å². The highest BCUT2D eigenvalue weighted by atomic mass is 15.0. The minimum atomic E-state index is -0.00630. The third-order valence-electron chi connectivity index (χ3n) is 9.47. The molecular weight excluding hydrogens is 585 g/mol. The summed E-state index contributed by atoms with van der Waals surface area (Å²) in [6.07, 6.45) is 0. The van der Waals surface area contributed by atoms with Crippen molar-refractivity contribution in [1.82, 2.24) is 4.98 Å². The zero-order chi connectivity index (χ0) is 34.8. The Morgan fingerprint density at radius 3 is 1.62 bits per heavy atom. The van der Waals surface area contributed by atoms with Gasteiger partial charge in [-0.15, -0.1) is 0 Å². The van der Waals surface area contributed by atoms with Crippen LogP contribution < -0.4 is 5.32 Å². The minimum Gasteiger partial charge on any atom is -0.353 e. The lowest BCUT2D eigenvalue weighted by atomic mass is 9.85. The predicted molar refractivity (Wildman–Crippen MR) is 208 cm³/mol. The van der Waals surface area contributed by atoms with E-state index in [1.807, 2.05) is 0 Å². The van der Waals surface area contributed by atoms with Crippen molar-refractivity contribution in [2.24, 2.45) is 9.98 Å². The molecule has 0 spiro atoms. The van der Waals surface area contributed by atoms with Crippen LogP contribution in [0.4, 0.5) is 22.7 Å². The molecule has 248 valence electrons. The molecule has 1 aromatic heterocycles. The molecule has 0 amide bonds. The Bertz CT molecular complexity index is 2040. The molecular formula is C44H52N4. The van der Waals surface area contributed by atoms with Crippen LogP contribution in [0.3, 0.4) is 0 Å². The maximum absolute atomic E-state index is 5.36. The maximum Gasteiger partial charge on any atom is 0.116 e. The lowest BCUT2D eigenvalue weighted by molar-refractivity contribution is 0.590. The summed E-state index contributed by atoms with van der Waals surface area (Å²) in [5.41, 5.74) is 14.0. The van der Waals surface area contributed by atoms with Crippen molar-refractivity contribution in [3.05, 3.63) is 118 Å². The van der Waals surface area contributed by atoms with Crippen molar-refractivity contribution >= 4 is 45.1 Å². The van der Waals surface area contributed by atoms with Gasteiger partial charge in [-0.3, -0.25) is 0 Å². The minimum absolute atomic E-state index is 0.00630. The highest BCUT2D eigenvalue weighted by Crippen LogP contribution is 2.40. The van der Waals surface area contributed by atoms with Gasteiger partial charge in [-0.1, -0.05) is 119 Å². The molecule has 0 radical (unpaired) electrons. The fraction of sp³-hybridized carbons (Fsp3) is 0.364. The van der Waals surface area contributed by atoms with E-state index in [0.717, 1.165) is 56.3 Å². The van der Waals surface area contributed by atoms with Crippen LogP contribution in [0.25, 0.3) is 10.9 Å². The van der Waals surface area contributed by atoms with E-state index in [-0.39, 0.29) is 21.7 Å². The van der Waals surface area contributed by atoms with Crippen LogP contribution in [0, 0.1) is 0 Å². The van der Waals surface area contributed by atoms with Crippen LogP contribution in [-0.4, -0.2) is 16.4 Å². The average Bonchev–Trinajstić information content (AvgIpc) is 3.53. The summed E-state index contributed by atoms with van der Waals surface area (Å²) >= 11 is 0. The van der Waals surface area contributed by atoms with Crippen LogP contribution in [0.2, 0.25) is 0 Å². The molecule has 0 unspecified atom stereocenters. The van der Waals surface area contributed by atoms with Crippen molar-refractivity contribution in [3.8, 4) is 0 Å². The molecule has 1 aliphatic rings. The second kappa shape index (κ2) is 11.6. The quantitative estimate of drug-likeness (QED) is 0.203. The number of aliphatic imine (C=N–C) groups is 2. The van der Waals surface area contributed by atoms with Gasteiger partial charge in [0.05, 0.1) is 22.8 Å². The fourth-order valence-electron chi connectivity index (χ4n) is 6.21. The molecule has 4 aromatic carbocycles. The number of fused-ring (bicyclic) bond motifs is 2. The summed E-state index contributed by atoms with van der Waals surface area (Å²) < 4.78 is 0. The third kappa shape index (κ3) is 6.63. The number of hydrogen-bond acceptors (Lipinski definition) is 3. The van der Waals surface area contributed by atoms with E-state index in [2.05, 4.69) is 178 Å². The van der Waals surface area contributed by atoms with Crippen LogP contribution in [0.1, 0.15) is 117 Å². The fourth-order valence-corrected chi connectivity index (χ4v) is 6.21. The number of aromatic nitrogens is 1. The summed E-state index contributed by atoms with van der Waals surface area (Å²) in [5.74, 6) is 0. The molecule has 5 aromatic rings. The van der Waals surface area contributed by atoms with Crippen molar-refractivity contribution in [2.45, 2.75) is 105 Å². The first kappa shape index (κ1) is 33.5. The van der Waals surface area contributed by atoms with Crippen molar-refractivity contribution in [2.75, 3.05) is 5.32 Å². The number of H-pyrrole nitrogens is 1. The van der Waals surface area contributed by atoms with Crippen molar-refractivity contribution in [3.63, 3.8) is 0 Å². The zero-order valence-electron chi connectivity index (χ0n) is 31.0. The third-order valence-corrected chi connectivity index (χ3v) is 9.47. The first-order valence-electron chi connectivity index (χ1n) is 17.3. The van der Waals surface area contributed by atoms with Gasteiger partial charge in [-0.25, -0.2) is 9.98 Å². The Kier molecular flexibility index (Phi) is 8.10. The van der Waals surface area contributed by atoms with Gasteiger partial charge < -0.3 is 10.3 Å². The SMILES string of the molecule is CC(C)(C)c1ccc(N=C2C(c3[nH]c4ccc(C(C)(C)C)cc4c3Nc3ccc(C(C)(C)C)cc3)=Nc3ccc(C(C)(C)C)cc32)cc1. The Labute approximate surface area is 287 Å². The predicted octanol–water partition coefficient (Wildman–Crippen LogP) is 12.4. The Hall–Kier alpha value is -4.44. The van der Waals surface area contributed by atoms with Crippen LogP contribution in [0.15, 0.2) is 94.9 Å². The number of benzene rings is 4. The lowest BCUT2D eigenvalue weighted by Crippen LogP contribution is -2.16. The molecule has 4 nitrogen and oxygen atoms in total. The van der Waals surface area contributed by atoms with Gasteiger partial charge in [0.25, 0.3) is 0 Å². The van der Waals surface area contributed by atoms with Gasteiger partial charge in [0.1, 0.15) is 11.4 Å². The Morgan fingerprint density at radius 1 is 0.562 bits per heavy atom. The van der Waals surface area contributed by atoms with E-state index in [1.54, 1.807) is 0 Å². The average molecular weight is 637 g/mol. The van der Waals surface area contributed by atoms with Gasteiger partial charge in [0, 0.05) is 22.2 Å². The van der Waals surface area contributed by atoms with Gasteiger partial charge in [-0.05, 0) is 92.4 Å². The summed E-state index contributed by atoms with van der Waals surface area (Å²) in [4.78, 5) is 14.5. The maximum atomic E-state index is 5.36. The van der Waals surface area contributed by atoms with Gasteiger partial charge in [0.2, 0.25) is 0 Å². The highest BCUT2D eigenvalue weighted by molar-refractivity contribution is 6.58.